The first-order valence-electron chi connectivity index (χ1n) is 10.8. The highest BCUT2D eigenvalue weighted by molar-refractivity contribution is 5.92. The molecule has 0 aromatic heterocycles. The smallest absolute Gasteiger partial charge is 0.251 e. The zero-order chi connectivity index (χ0) is 21.6. The van der Waals surface area contributed by atoms with Crippen LogP contribution in [0.25, 0.3) is 0 Å². The van der Waals surface area contributed by atoms with Crippen molar-refractivity contribution in [2.24, 2.45) is 0 Å². The highest BCUT2D eigenvalue weighted by atomic mass is 16.5. The number of benzene rings is 2. The van der Waals surface area contributed by atoms with E-state index in [0.29, 0.717) is 39.3 Å². The van der Waals surface area contributed by atoms with Crippen LogP contribution in [0, 0.1) is 6.92 Å². The molecule has 7 heteroatoms. The van der Waals surface area contributed by atoms with Crippen molar-refractivity contribution in [3.63, 3.8) is 0 Å². The van der Waals surface area contributed by atoms with Crippen molar-refractivity contribution >= 4 is 17.5 Å². The van der Waals surface area contributed by atoms with Crippen LogP contribution < -0.4 is 10.1 Å². The molecule has 0 saturated carbocycles. The third kappa shape index (κ3) is 5.83. The third-order valence-electron chi connectivity index (χ3n) is 5.62. The van der Waals surface area contributed by atoms with Crippen molar-refractivity contribution in [3.05, 3.63) is 54.1 Å². The lowest BCUT2D eigenvalue weighted by Gasteiger charge is -2.35. The number of amides is 2. The van der Waals surface area contributed by atoms with E-state index in [1.807, 2.05) is 60.4 Å². The van der Waals surface area contributed by atoms with Gasteiger partial charge in [0, 0.05) is 38.5 Å². The van der Waals surface area contributed by atoms with Crippen LogP contribution in [0.15, 0.2) is 48.5 Å². The summed E-state index contributed by atoms with van der Waals surface area (Å²) in [5.41, 5.74) is 1.87. The van der Waals surface area contributed by atoms with Gasteiger partial charge < -0.3 is 19.7 Å². The van der Waals surface area contributed by atoms with Crippen LogP contribution in [0.1, 0.15) is 18.4 Å². The molecule has 2 aromatic carbocycles. The van der Waals surface area contributed by atoms with E-state index in [2.05, 4.69) is 10.2 Å². The minimum absolute atomic E-state index is 0.0637. The van der Waals surface area contributed by atoms with Crippen molar-refractivity contribution in [1.29, 1.82) is 0 Å². The molecule has 2 amide bonds. The fourth-order valence-electron chi connectivity index (χ4n) is 3.93. The van der Waals surface area contributed by atoms with E-state index in [9.17, 15) is 9.59 Å². The Morgan fingerprint density at radius 3 is 2.52 bits per heavy atom. The molecule has 2 fully saturated rings. The van der Waals surface area contributed by atoms with Gasteiger partial charge in [0.05, 0.1) is 6.54 Å². The minimum atomic E-state index is -0.271. The van der Waals surface area contributed by atoms with Gasteiger partial charge in [-0.25, -0.2) is 0 Å². The molecule has 0 aliphatic carbocycles. The molecular formula is C24H29N3O4. The number of nitrogens with one attached hydrogen (secondary N) is 1. The first kappa shape index (κ1) is 21.3. The van der Waals surface area contributed by atoms with Crippen LogP contribution in [-0.2, 0) is 14.3 Å². The fraction of sp³-hybridized carbons (Fsp3) is 0.417. The van der Waals surface area contributed by atoms with Gasteiger partial charge in [-0.2, -0.15) is 0 Å². The molecule has 2 heterocycles. The Balaban J connectivity index is 1.21. The molecule has 2 aliphatic rings. The topological polar surface area (TPSA) is 71.1 Å². The molecule has 1 N–H and O–H groups in total. The maximum Gasteiger partial charge on any atom is 0.251 e. The summed E-state index contributed by atoms with van der Waals surface area (Å²) in [7, 11) is 0. The van der Waals surface area contributed by atoms with E-state index < -0.39 is 0 Å². The number of carbonyl (C=O) groups excluding carboxylic acids is 2. The van der Waals surface area contributed by atoms with Crippen LogP contribution in [0.4, 0.5) is 5.69 Å². The molecule has 164 valence electrons. The van der Waals surface area contributed by atoms with E-state index in [0.717, 1.165) is 35.6 Å². The normalized spacial score (nSPS) is 19.3. The van der Waals surface area contributed by atoms with Crippen molar-refractivity contribution in [1.82, 2.24) is 9.80 Å². The summed E-state index contributed by atoms with van der Waals surface area (Å²) in [5.74, 6) is 1.53. The van der Waals surface area contributed by atoms with Crippen LogP contribution in [0.5, 0.6) is 11.5 Å². The molecule has 0 unspecified atom stereocenters. The van der Waals surface area contributed by atoms with E-state index >= 15 is 0 Å². The maximum atomic E-state index is 12.4. The maximum absolute atomic E-state index is 12.4. The van der Waals surface area contributed by atoms with Gasteiger partial charge in [0.15, 0.2) is 0 Å². The summed E-state index contributed by atoms with van der Waals surface area (Å²) in [5, 5.41) is 2.93. The number of hydrogen-bond donors (Lipinski definition) is 1. The summed E-state index contributed by atoms with van der Waals surface area (Å²) in [4.78, 5) is 28.8. The predicted octanol–water partition coefficient (Wildman–Crippen LogP) is 3.05. The van der Waals surface area contributed by atoms with E-state index in [1.165, 1.54) is 0 Å². The number of rotatable bonds is 6. The average molecular weight is 424 g/mol. The highest BCUT2D eigenvalue weighted by Gasteiger charge is 2.30. The quantitative estimate of drug-likeness (QED) is 0.773. The first-order chi connectivity index (χ1) is 15.1. The second-order valence-electron chi connectivity index (χ2n) is 8.09. The van der Waals surface area contributed by atoms with Crippen molar-refractivity contribution < 1.29 is 19.1 Å². The summed E-state index contributed by atoms with van der Waals surface area (Å²) in [6.45, 7) is 5.66. The van der Waals surface area contributed by atoms with E-state index in [4.69, 9.17) is 9.47 Å². The molecule has 0 radical (unpaired) electrons. The summed E-state index contributed by atoms with van der Waals surface area (Å²) in [6.07, 6.45) is 1.50. The van der Waals surface area contributed by atoms with Crippen LogP contribution >= 0.6 is 0 Å². The Bertz CT molecular complexity index is 901. The lowest BCUT2D eigenvalue weighted by Crippen LogP contribution is -2.52. The van der Waals surface area contributed by atoms with Gasteiger partial charge in [-0.15, -0.1) is 0 Å². The number of hydrogen-bond acceptors (Lipinski definition) is 5. The molecule has 7 nitrogen and oxygen atoms in total. The number of anilines is 1. The second-order valence-corrected chi connectivity index (χ2v) is 8.09. The molecule has 2 saturated heterocycles. The Hall–Kier alpha value is -2.90. The molecular weight excluding hydrogens is 394 g/mol. The van der Waals surface area contributed by atoms with Crippen molar-refractivity contribution in [2.75, 3.05) is 44.6 Å². The van der Waals surface area contributed by atoms with Gasteiger partial charge >= 0.3 is 0 Å². The largest absolute Gasteiger partial charge is 0.457 e. The molecule has 0 bridgehead atoms. The van der Waals surface area contributed by atoms with E-state index in [-0.39, 0.29) is 17.9 Å². The SMILES string of the molecule is Cc1cccc(Oc2ccc(NC(=O)CN3CCN(C(=O)[C@H]4CCCO4)CC3)cc2)c1. The monoisotopic (exact) mass is 423 g/mol. The highest BCUT2D eigenvalue weighted by Crippen LogP contribution is 2.23. The molecule has 4 rings (SSSR count). The van der Waals surface area contributed by atoms with Gasteiger partial charge in [-0.05, 0) is 61.7 Å². The number of piperazine rings is 1. The van der Waals surface area contributed by atoms with Gasteiger partial charge in [-0.1, -0.05) is 12.1 Å². The Morgan fingerprint density at radius 2 is 1.84 bits per heavy atom. The number of aryl methyl sites for hydroxylation is 1. The minimum Gasteiger partial charge on any atom is -0.457 e. The van der Waals surface area contributed by atoms with Gasteiger partial charge in [0.25, 0.3) is 5.91 Å². The second kappa shape index (κ2) is 9.94. The lowest BCUT2D eigenvalue weighted by molar-refractivity contribution is -0.142. The Kier molecular flexibility index (Phi) is 6.84. The predicted molar refractivity (Wildman–Crippen MR) is 118 cm³/mol. The zero-order valence-corrected chi connectivity index (χ0v) is 17.9. The van der Waals surface area contributed by atoms with E-state index in [1.54, 1.807) is 0 Å². The summed E-state index contributed by atoms with van der Waals surface area (Å²) in [6, 6.07) is 15.2. The molecule has 2 aromatic rings. The Labute approximate surface area is 182 Å². The van der Waals surface area contributed by atoms with Crippen LogP contribution in [0.2, 0.25) is 0 Å². The van der Waals surface area contributed by atoms with Crippen molar-refractivity contribution in [2.45, 2.75) is 25.9 Å². The van der Waals surface area contributed by atoms with Crippen LogP contribution in [0.3, 0.4) is 0 Å². The number of carbonyl (C=O) groups is 2. The van der Waals surface area contributed by atoms with Crippen molar-refractivity contribution in [3.8, 4) is 11.5 Å². The first-order valence-corrected chi connectivity index (χ1v) is 10.8. The Morgan fingerprint density at radius 1 is 1.06 bits per heavy atom. The van der Waals surface area contributed by atoms with Gasteiger partial charge in [0.1, 0.15) is 17.6 Å². The lowest BCUT2D eigenvalue weighted by atomic mass is 10.2. The van der Waals surface area contributed by atoms with Gasteiger partial charge in [-0.3, -0.25) is 14.5 Å². The summed E-state index contributed by atoms with van der Waals surface area (Å²) < 4.78 is 11.3. The van der Waals surface area contributed by atoms with Crippen LogP contribution in [-0.4, -0.2) is 67.0 Å². The number of nitrogens with zero attached hydrogens (tertiary/aromatic N) is 2. The number of ether oxygens (including phenoxy) is 2. The standard InChI is InChI=1S/C24H29N3O4/c1-18-4-2-5-21(16-18)31-20-9-7-19(8-10-20)25-23(28)17-26-11-13-27(14-12-26)24(29)22-6-3-15-30-22/h2,4-5,7-10,16,22H,3,6,11-15,17H2,1H3,(H,25,28)/t22-/m1/s1. The average Bonchev–Trinajstić information content (AvgIpc) is 3.30. The fourth-order valence-corrected chi connectivity index (χ4v) is 3.93. The molecule has 2 aliphatic heterocycles. The molecule has 1 atom stereocenters. The summed E-state index contributed by atoms with van der Waals surface area (Å²) >= 11 is 0. The zero-order valence-electron chi connectivity index (χ0n) is 17.9. The molecule has 0 spiro atoms. The van der Waals surface area contributed by atoms with Gasteiger partial charge in [0.2, 0.25) is 5.91 Å². The third-order valence-corrected chi connectivity index (χ3v) is 5.62. The molecule has 31 heavy (non-hydrogen) atoms.